The summed E-state index contributed by atoms with van der Waals surface area (Å²) in [4.78, 5) is 13.6. The Morgan fingerprint density at radius 2 is 1.38 bits per heavy atom. The molecule has 0 unspecified atom stereocenters. The van der Waals surface area contributed by atoms with E-state index in [1.807, 2.05) is 24.3 Å². The van der Waals surface area contributed by atoms with Crippen molar-refractivity contribution < 1.29 is 4.92 Å². The van der Waals surface area contributed by atoms with Gasteiger partial charge in [-0.15, -0.1) is 0 Å². The average molecular weight is 355 g/mol. The van der Waals surface area contributed by atoms with Gasteiger partial charge in [0.25, 0.3) is 5.69 Å². The Morgan fingerprint density at radius 3 is 2.23 bits per heavy atom. The number of benzene rings is 4. The summed E-state index contributed by atoms with van der Waals surface area (Å²) >= 11 is 1.76. The van der Waals surface area contributed by atoms with Crippen LogP contribution in [0.2, 0.25) is 0 Å². The van der Waals surface area contributed by atoms with E-state index in [1.165, 1.54) is 26.3 Å². The number of nitrogens with zero attached hydrogens (tertiary/aromatic N) is 1. The van der Waals surface area contributed by atoms with Crippen LogP contribution in [0.1, 0.15) is 0 Å². The molecule has 1 heterocycles. The number of nitro benzene ring substituents is 1. The molecule has 1 aliphatic rings. The van der Waals surface area contributed by atoms with Crippen LogP contribution in [0.3, 0.4) is 0 Å². The number of hydrogen-bond acceptors (Lipinski definition) is 3. The Bertz CT molecular complexity index is 1200. The quantitative estimate of drug-likeness (QED) is 0.266. The Morgan fingerprint density at radius 1 is 0.654 bits per heavy atom. The Kier molecular flexibility index (Phi) is 3.33. The first kappa shape index (κ1) is 15.2. The van der Waals surface area contributed by atoms with Gasteiger partial charge in [0.1, 0.15) is 0 Å². The zero-order valence-electron chi connectivity index (χ0n) is 13.7. The van der Waals surface area contributed by atoms with Gasteiger partial charge in [-0.3, -0.25) is 10.1 Å². The van der Waals surface area contributed by atoms with Crippen molar-refractivity contribution in [3.8, 4) is 22.3 Å². The molecule has 0 radical (unpaired) electrons. The first-order valence-corrected chi connectivity index (χ1v) is 9.12. The number of para-hydroxylation sites is 1. The molecule has 0 bridgehead atoms. The minimum absolute atomic E-state index is 0.136. The molecule has 4 aromatic carbocycles. The highest BCUT2D eigenvalue weighted by molar-refractivity contribution is 7.99. The van der Waals surface area contributed by atoms with E-state index in [2.05, 4.69) is 42.5 Å². The van der Waals surface area contributed by atoms with E-state index in [4.69, 9.17) is 0 Å². The number of rotatable bonds is 2. The van der Waals surface area contributed by atoms with Gasteiger partial charge in [0.05, 0.1) is 10.5 Å². The molecule has 4 heteroatoms. The first-order chi connectivity index (χ1) is 12.7. The summed E-state index contributed by atoms with van der Waals surface area (Å²) in [5.41, 5.74) is 4.10. The van der Waals surface area contributed by atoms with E-state index in [0.29, 0.717) is 5.56 Å². The third-order valence-corrected chi connectivity index (χ3v) is 5.93. The molecule has 0 N–H and O–H groups in total. The molecule has 0 aromatic heterocycles. The van der Waals surface area contributed by atoms with Gasteiger partial charge in [0.2, 0.25) is 0 Å². The van der Waals surface area contributed by atoms with E-state index in [-0.39, 0.29) is 10.6 Å². The lowest BCUT2D eigenvalue weighted by atomic mass is 9.92. The number of fused-ring (bicyclic) bond motifs is 2. The monoisotopic (exact) mass is 355 g/mol. The fraction of sp³-hybridized carbons (Fsp3) is 0. The van der Waals surface area contributed by atoms with Crippen LogP contribution in [0.4, 0.5) is 5.69 Å². The maximum Gasteiger partial charge on any atom is 0.277 e. The largest absolute Gasteiger partial charge is 0.277 e. The van der Waals surface area contributed by atoms with Gasteiger partial charge in [-0.25, -0.2) is 0 Å². The van der Waals surface area contributed by atoms with Crippen molar-refractivity contribution in [2.45, 2.75) is 9.79 Å². The van der Waals surface area contributed by atoms with Crippen molar-refractivity contribution in [1.82, 2.24) is 0 Å². The Labute approximate surface area is 154 Å². The second kappa shape index (κ2) is 5.71. The van der Waals surface area contributed by atoms with Crippen LogP contribution in [0, 0.1) is 10.1 Å². The molecule has 0 saturated carbocycles. The summed E-state index contributed by atoms with van der Waals surface area (Å²) in [6.07, 6.45) is 0. The van der Waals surface area contributed by atoms with Gasteiger partial charge in [0.15, 0.2) is 0 Å². The van der Waals surface area contributed by atoms with E-state index >= 15 is 0 Å². The number of nitro groups is 1. The minimum atomic E-state index is -0.311. The third-order valence-electron chi connectivity index (χ3n) is 4.79. The summed E-state index contributed by atoms with van der Waals surface area (Å²) < 4.78 is 0. The molecule has 1 aliphatic heterocycles. The number of hydrogen-bond donors (Lipinski definition) is 0. The fourth-order valence-electron chi connectivity index (χ4n) is 3.68. The fourth-order valence-corrected chi connectivity index (χ4v) is 4.81. The molecule has 4 aromatic rings. The molecular formula is C22H13NO2S. The van der Waals surface area contributed by atoms with Crippen LogP contribution in [0.15, 0.2) is 88.7 Å². The predicted molar refractivity (Wildman–Crippen MR) is 106 cm³/mol. The molecule has 5 rings (SSSR count). The lowest BCUT2D eigenvalue weighted by molar-refractivity contribution is -0.384. The van der Waals surface area contributed by atoms with Gasteiger partial charge in [0, 0.05) is 21.2 Å². The maximum atomic E-state index is 11.5. The van der Waals surface area contributed by atoms with Gasteiger partial charge >= 0.3 is 0 Å². The van der Waals surface area contributed by atoms with Gasteiger partial charge in [-0.2, -0.15) is 0 Å². The van der Waals surface area contributed by atoms with Gasteiger partial charge in [-0.05, 0) is 40.3 Å². The summed E-state index contributed by atoms with van der Waals surface area (Å²) in [6, 6.07) is 25.6. The smallest absolute Gasteiger partial charge is 0.258 e. The highest BCUT2D eigenvalue weighted by atomic mass is 32.2. The summed E-state index contributed by atoms with van der Waals surface area (Å²) in [5, 5.41) is 13.7. The van der Waals surface area contributed by atoms with Crippen LogP contribution in [-0.2, 0) is 0 Å². The Hall–Kier alpha value is -3.11. The highest BCUT2D eigenvalue weighted by Gasteiger charge is 2.22. The van der Waals surface area contributed by atoms with Crippen molar-refractivity contribution in [2.24, 2.45) is 0 Å². The van der Waals surface area contributed by atoms with Crippen LogP contribution < -0.4 is 0 Å². The molecule has 0 spiro atoms. The second-order valence-electron chi connectivity index (χ2n) is 6.21. The molecule has 0 amide bonds. The zero-order chi connectivity index (χ0) is 17.7. The summed E-state index contributed by atoms with van der Waals surface area (Å²) in [7, 11) is 0. The molecular weight excluding hydrogens is 342 g/mol. The van der Waals surface area contributed by atoms with Crippen LogP contribution in [0.25, 0.3) is 33.0 Å². The van der Waals surface area contributed by atoms with E-state index in [9.17, 15) is 10.1 Å². The molecule has 26 heavy (non-hydrogen) atoms. The topological polar surface area (TPSA) is 43.1 Å². The molecule has 124 valence electrons. The summed E-state index contributed by atoms with van der Waals surface area (Å²) in [6.45, 7) is 0. The standard InChI is InChI=1S/C22H13NO2S/c24-23(25)19-10-3-1-6-15(19)14-12-13-21-22-17(14)8-5-9-18(22)16-7-2-4-11-20(16)26-21/h1-13H. The van der Waals surface area contributed by atoms with E-state index in [1.54, 1.807) is 23.9 Å². The molecule has 0 fully saturated rings. The van der Waals surface area contributed by atoms with E-state index in [0.717, 1.165) is 10.9 Å². The molecule has 0 atom stereocenters. The SMILES string of the molecule is O=[N+]([O-])c1ccccc1-c1ccc2c3c(cccc13)-c1ccccc1S2. The lowest BCUT2D eigenvalue weighted by Gasteiger charge is -2.21. The molecule has 0 saturated heterocycles. The summed E-state index contributed by atoms with van der Waals surface area (Å²) in [5.74, 6) is 0. The first-order valence-electron chi connectivity index (χ1n) is 8.31. The normalized spacial score (nSPS) is 12.0. The Balaban J connectivity index is 1.86. The van der Waals surface area contributed by atoms with Crippen LogP contribution >= 0.6 is 11.8 Å². The van der Waals surface area contributed by atoms with Crippen LogP contribution in [0.5, 0.6) is 0 Å². The lowest BCUT2D eigenvalue weighted by Crippen LogP contribution is -1.96. The van der Waals surface area contributed by atoms with Crippen molar-refractivity contribution in [3.63, 3.8) is 0 Å². The van der Waals surface area contributed by atoms with Gasteiger partial charge in [-0.1, -0.05) is 66.4 Å². The van der Waals surface area contributed by atoms with Crippen molar-refractivity contribution in [2.75, 3.05) is 0 Å². The van der Waals surface area contributed by atoms with Crippen molar-refractivity contribution in [3.05, 3.63) is 89.0 Å². The molecule has 0 aliphatic carbocycles. The third kappa shape index (κ3) is 2.16. The molecule has 3 nitrogen and oxygen atoms in total. The minimum Gasteiger partial charge on any atom is -0.258 e. The highest BCUT2D eigenvalue weighted by Crippen LogP contribution is 2.50. The van der Waals surface area contributed by atoms with E-state index < -0.39 is 0 Å². The maximum absolute atomic E-state index is 11.5. The van der Waals surface area contributed by atoms with Crippen molar-refractivity contribution >= 4 is 28.2 Å². The van der Waals surface area contributed by atoms with Crippen LogP contribution in [-0.4, -0.2) is 4.92 Å². The zero-order valence-corrected chi connectivity index (χ0v) is 14.5. The second-order valence-corrected chi connectivity index (χ2v) is 7.30. The predicted octanol–water partition coefficient (Wildman–Crippen LogP) is 6.55. The van der Waals surface area contributed by atoms with Crippen molar-refractivity contribution in [1.29, 1.82) is 0 Å². The average Bonchev–Trinajstić information content (AvgIpc) is 2.68. The van der Waals surface area contributed by atoms with Gasteiger partial charge < -0.3 is 0 Å².